The van der Waals surface area contributed by atoms with Crippen molar-refractivity contribution >= 4 is 30.7 Å². The number of ether oxygens (including phenoxy) is 2. The molecule has 0 spiro atoms. The van der Waals surface area contributed by atoms with Gasteiger partial charge in [0, 0.05) is 0 Å². The monoisotopic (exact) mass is 622 g/mol. The number of carbonyl (C=O) groups is 1. The molecule has 2 aromatic carbocycles. The number of para-hydroxylation sites is 1. The van der Waals surface area contributed by atoms with Crippen LogP contribution in [-0.2, 0) is 29.8 Å². The molecule has 14 heteroatoms. The second kappa shape index (κ2) is 13.1. The van der Waals surface area contributed by atoms with Crippen LogP contribution in [0.4, 0.5) is 10.2 Å². The van der Waals surface area contributed by atoms with Gasteiger partial charge in [-0.2, -0.15) is 19.4 Å². The molecule has 0 bridgehead atoms. The number of nitrogens with zero attached hydrogens (tertiary/aromatic N) is 4. The van der Waals surface area contributed by atoms with Gasteiger partial charge in [0.1, 0.15) is 18.0 Å². The van der Waals surface area contributed by atoms with Crippen LogP contribution in [0.2, 0.25) is 0 Å². The van der Waals surface area contributed by atoms with E-state index in [2.05, 4.69) is 26.0 Å². The van der Waals surface area contributed by atoms with E-state index < -0.39 is 43.8 Å². The maximum Gasteiger partial charge on any atom is 0.459 e. The van der Waals surface area contributed by atoms with Gasteiger partial charge in [-0.15, -0.1) is 6.42 Å². The van der Waals surface area contributed by atoms with Crippen LogP contribution in [0, 0.1) is 18.4 Å². The SMILES string of the molecule is C#C[C@@]1(CO[P@@](=O)(N[C@@H](Cc2ccccc2)C(=O)OC(C)C)Oc2ccccc2)CC[C@H](n2cnc3c(N)nc(F)nc32)O1. The van der Waals surface area contributed by atoms with Crippen LogP contribution >= 0.6 is 7.75 Å². The van der Waals surface area contributed by atoms with Crippen LogP contribution in [0.3, 0.4) is 0 Å². The lowest BCUT2D eigenvalue weighted by Gasteiger charge is -2.29. The molecule has 3 heterocycles. The van der Waals surface area contributed by atoms with E-state index in [1.54, 1.807) is 44.2 Å². The Bertz CT molecular complexity index is 1700. The molecule has 1 aliphatic heterocycles. The van der Waals surface area contributed by atoms with Crippen molar-refractivity contribution in [2.75, 3.05) is 12.3 Å². The second-order valence-electron chi connectivity index (χ2n) is 10.5. The molecule has 0 amide bonds. The maximum atomic E-state index is 14.4. The molecule has 0 saturated carbocycles. The Hall–Kier alpha value is -4.34. The van der Waals surface area contributed by atoms with E-state index in [-0.39, 0.29) is 42.2 Å². The molecule has 12 nitrogen and oxygen atoms in total. The predicted octanol–water partition coefficient (Wildman–Crippen LogP) is 4.58. The van der Waals surface area contributed by atoms with Crippen molar-refractivity contribution in [2.45, 2.75) is 57.1 Å². The lowest BCUT2D eigenvalue weighted by molar-refractivity contribution is -0.149. The predicted molar refractivity (Wildman–Crippen MR) is 160 cm³/mol. The highest BCUT2D eigenvalue weighted by molar-refractivity contribution is 7.52. The number of carbonyl (C=O) groups excluding carboxylic acids is 1. The number of anilines is 1. The van der Waals surface area contributed by atoms with Gasteiger partial charge < -0.3 is 19.7 Å². The minimum Gasteiger partial charge on any atom is -0.462 e. The smallest absolute Gasteiger partial charge is 0.459 e. The zero-order chi connectivity index (χ0) is 31.3. The summed E-state index contributed by atoms with van der Waals surface area (Å²) in [6, 6.07) is 16.5. The molecular formula is C30H32FN6O6P. The number of nitrogens with two attached hydrogens (primary N) is 1. The zero-order valence-electron chi connectivity index (χ0n) is 24.1. The summed E-state index contributed by atoms with van der Waals surface area (Å²) in [5.41, 5.74) is 5.59. The summed E-state index contributed by atoms with van der Waals surface area (Å²) < 4.78 is 53.3. The largest absolute Gasteiger partial charge is 0.462 e. The minimum atomic E-state index is -4.30. The average Bonchev–Trinajstić information content (AvgIpc) is 3.62. The van der Waals surface area contributed by atoms with E-state index in [0.29, 0.717) is 6.42 Å². The summed E-state index contributed by atoms with van der Waals surface area (Å²) in [6.45, 7) is 3.07. The molecule has 230 valence electrons. The van der Waals surface area contributed by atoms with Crippen molar-refractivity contribution in [1.82, 2.24) is 24.6 Å². The van der Waals surface area contributed by atoms with Crippen LogP contribution in [0.1, 0.15) is 38.5 Å². The standard InChI is InChI=1S/C30H32FN6O6P/c1-4-30(16-15-24(42-30)37-19-33-25-26(32)34-29(31)35-27(25)37)18-40-44(39,43-22-13-9-6-10-14-22)36-23(28(38)41-20(2)3)17-21-11-7-5-8-12-21/h1,5-14,19-20,23-24H,15-18H2,2-3H3,(H,36,39)(H2,32,34,35)/t23-,24+,30-,44-/m0/s1. The topological polar surface area (TPSA) is 153 Å². The highest BCUT2D eigenvalue weighted by Crippen LogP contribution is 2.48. The van der Waals surface area contributed by atoms with E-state index in [9.17, 15) is 13.8 Å². The maximum absolute atomic E-state index is 14.4. The first kappa shape index (κ1) is 31.1. The Morgan fingerprint density at radius 3 is 2.61 bits per heavy atom. The number of halogens is 1. The van der Waals surface area contributed by atoms with Crippen molar-refractivity contribution in [1.29, 1.82) is 0 Å². The number of imidazole rings is 1. The summed E-state index contributed by atoms with van der Waals surface area (Å²) in [5, 5.41) is 2.80. The van der Waals surface area contributed by atoms with Crippen LogP contribution in [0.5, 0.6) is 5.75 Å². The number of esters is 1. The van der Waals surface area contributed by atoms with E-state index in [0.717, 1.165) is 5.56 Å². The molecule has 0 radical (unpaired) electrons. The van der Waals surface area contributed by atoms with E-state index >= 15 is 0 Å². The van der Waals surface area contributed by atoms with Gasteiger partial charge in [0.15, 0.2) is 22.6 Å². The summed E-state index contributed by atoms with van der Waals surface area (Å²) in [6.07, 6.45) is 6.00. The lowest BCUT2D eigenvalue weighted by Crippen LogP contribution is -2.41. The van der Waals surface area contributed by atoms with Crippen molar-refractivity contribution in [3.63, 3.8) is 0 Å². The van der Waals surface area contributed by atoms with Gasteiger partial charge in [-0.3, -0.25) is 13.9 Å². The normalized spacial score (nSPS) is 20.2. The molecule has 5 rings (SSSR count). The Morgan fingerprint density at radius 2 is 1.93 bits per heavy atom. The van der Waals surface area contributed by atoms with Crippen molar-refractivity contribution in [3.8, 4) is 18.1 Å². The number of nitrogens with one attached hydrogen (secondary N) is 1. The quantitative estimate of drug-likeness (QED) is 0.0988. The van der Waals surface area contributed by atoms with Crippen molar-refractivity contribution in [2.24, 2.45) is 0 Å². The molecule has 2 aromatic heterocycles. The van der Waals surface area contributed by atoms with Crippen LogP contribution in [0.25, 0.3) is 11.2 Å². The van der Waals surface area contributed by atoms with Crippen molar-refractivity contribution < 1.29 is 32.3 Å². The molecule has 1 saturated heterocycles. The van der Waals surface area contributed by atoms with Crippen molar-refractivity contribution in [3.05, 3.63) is 78.6 Å². The molecular weight excluding hydrogens is 590 g/mol. The number of terminal acetylenes is 1. The third-order valence-corrected chi connectivity index (χ3v) is 8.37. The molecule has 1 aliphatic rings. The molecule has 0 aliphatic carbocycles. The fraction of sp³-hybridized carbons (Fsp3) is 0.333. The Kier molecular flexibility index (Phi) is 9.27. The number of hydrogen-bond donors (Lipinski definition) is 2. The third kappa shape index (κ3) is 7.23. The fourth-order valence-corrected chi connectivity index (χ4v) is 6.28. The third-order valence-electron chi connectivity index (χ3n) is 6.82. The van der Waals surface area contributed by atoms with E-state index in [1.165, 1.54) is 10.9 Å². The van der Waals surface area contributed by atoms with Gasteiger partial charge >= 0.3 is 19.8 Å². The zero-order valence-corrected chi connectivity index (χ0v) is 25.0. The summed E-state index contributed by atoms with van der Waals surface area (Å²) in [4.78, 5) is 24.7. The highest BCUT2D eigenvalue weighted by atomic mass is 31.2. The summed E-state index contributed by atoms with van der Waals surface area (Å²) in [7, 11) is -4.30. The van der Waals surface area contributed by atoms with E-state index in [1.807, 2.05) is 30.3 Å². The Labute approximate surface area is 253 Å². The van der Waals surface area contributed by atoms with Gasteiger partial charge in [-0.05, 0) is 50.8 Å². The Morgan fingerprint density at radius 1 is 1.23 bits per heavy atom. The number of nitrogen functional groups attached to an aromatic ring is 1. The number of hydrogen-bond acceptors (Lipinski definition) is 10. The number of fused-ring (bicyclic) bond motifs is 1. The molecule has 4 atom stereocenters. The first-order valence-corrected chi connectivity index (χ1v) is 15.5. The minimum absolute atomic E-state index is 0.109. The molecule has 0 unspecified atom stereocenters. The highest BCUT2D eigenvalue weighted by Gasteiger charge is 2.44. The van der Waals surface area contributed by atoms with Crippen LogP contribution in [0.15, 0.2) is 67.0 Å². The number of rotatable bonds is 12. The summed E-state index contributed by atoms with van der Waals surface area (Å²) >= 11 is 0. The Balaban J connectivity index is 1.39. The van der Waals surface area contributed by atoms with Gasteiger partial charge in [-0.25, -0.2) is 9.55 Å². The van der Waals surface area contributed by atoms with Gasteiger partial charge in [-0.1, -0.05) is 54.5 Å². The number of benzene rings is 2. The van der Waals surface area contributed by atoms with E-state index in [4.69, 9.17) is 30.7 Å². The van der Waals surface area contributed by atoms with Crippen LogP contribution in [-0.4, -0.2) is 49.8 Å². The van der Waals surface area contributed by atoms with Gasteiger partial charge in [0.25, 0.3) is 0 Å². The second-order valence-corrected chi connectivity index (χ2v) is 12.2. The molecule has 3 N–H and O–H groups in total. The average molecular weight is 623 g/mol. The number of aromatic nitrogens is 4. The van der Waals surface area contributed by atoms with Gasteiger partial charge in [0.05, 0.1) is 19.0 Å². The lowest BCUT2D eigenvalue weighted by atomic mass is 10.0. The summed E-state index contributed by atoms with van der Waals surface area (Å²) in [5.74, 6) is 2.11. The fourth-order valence-electron chi connectivity index (χ4n) is 4.74. The van der Waals surface area contributed by atoms with Gasteiger partial charge in [0.2, 0.25) is 0 Å². The first-order valence-electron chi connectivity index (χ1n) is 13.9. The molecule has 44 heavy (non-hydrogen) atoms. The first-order chi connectivity index (χ1) is 21.1. The molecule has 1 fully saturated rings. The molecule has 4 aromatic rings. The van der Waals surface area contributed by atoms with Crippen LogP contribution < -0.4 is 15.3 Å².